The Bertz CT molecular complexity index is 2220. The molecule has 2 heteroatoms. The highest BCUT2D eigenvalue weighted by Crippen LogP contribution is 2.45. The molecule has 0 aliphatic carbocycles. The highest BCUT2D eigenvalue weighted by molar-refractivity contribution is 6.22. The normalized spacial score (nSPS) is 11.8. The second-order valence-electron chi connectivity index (χ2n) is 11.1. The van der Waals surface area contributed by atoms with Crippen LogP contribution in [0.5, 0.6) is 0 Å². The summed E-state index contributed by atoms with van der Waals surface area (Å²) >= 11 is 0. The Morgan fingerprint density at radius 3 is 1.84 bits per heavy atom. The van der Waals surface area contributed by atoms with E-state index in [1.807, 2.05) is 18.5 Å². The van der Waals surface area contributed by atoms with Crippen molar-refractivity contribution >= 4 is 33.8 Å². The van der Waals surface area contributed by atoms with Gasteiger partial charge < -0.3 is 0 Å². The maximum absolute atomic E-state index is 4.23. The lowest BCUT2D eigenvalue weighted by atomic mass is 9.84. The van der Waals surface area contributed by atoms with Crippen molar-refractivity contribution in [1.29, 1.82) is 0 Å². The number of pyridine rings is 1. The number of aliphatic imine (C=N–C) groups is 1. The van der Waals surface area contributed by atoms with Gasteiger partial charge in [-0.15, -0.1) is 0 Å². The van der Waals surface area contributed by atoms with E-state index in [0.29, 0.717) is 0 Å². The summed E-state index contributed by atoms with van der Waals surface area (Å²) in [6.45, 7) is 5.67. The zero-order valence-electron chi connectivity index (χ0n) is 25.2. The molecular formula is C43H32N2. The molecule has 0 aliphatic heterocycles. The lowest BCUT2D eigenvalue weighted by molar-refractivity contribution is 1.33. The van der Waals surface area contributed by atoms with E-state index in [1.54, 1.807) is 6.20 Å². The van der Waals surface area contributed by atoms with E-state index in [-0.39, 0.29) is 0 Å². The lowest BCUT2D eigenvalue weighted by Crippen LogP contribution is -1.93. The first-order chi connectivity index (χ1) is 22.2. The number of nitrogens with zero attached hydrogens (tertiary/aromatic N) is 2. The fourth-order valence-electron chi connectivity index (χ4n) is 6.36. The minimum Gasteiger partial charge on any atom is -0.272 e. The number of rotatable bonds is 7. The van der Waals surface area contributed by atoms with Gasteiger partial charge in [-0.05, 0) is 127 Å². The summed E-state index contributed by atoms with van der Waals surface area (Å²) in [5, 5.41) is 4.90. The average molecular weight is 577 g/mol. The molecule has 7 aromatic rings. The Hall–Kier alpha value is -5.86. The van der Waals surface area contributed by atoms with Crippen LogP contribution in [0.15, 0.2) is 169 Å². The van der Waals surface area contributed by atoms with Crippen molar-refractivity contribution in [2.24, 2.45) is 4.99 Å². The fraction of sp³-hybridized carbons (Fsp3) is 0.0233. The fourth-order valence-corrected chi connectivity index (χ4v) is 6.36. The maximum atomic E-state index is 4.23. The maximum Gasteiger partial charge on any atom is 0.0273 e. The van der Waals surface area contributed by atoms with Gasteiger partial charge in [0.1, 0.15) is 0 Å². The highest BCUT2D eigenvalue weighted by atomic mass is 14.6. The van der Waals surface area contributed by atoms with Crippen LogP contribution in [0.1, 0.15) is 12.5 Å². The lowest BCUT2D eigenvalue weighted by Gasteiger charge is -2.19. The quantitative estimate of drug-likeness (QED) is 0.105. The van der Waals surface area contributed by atoms with Crippen LogP contribution in [0.4, 0.5) is 0 Å². The van der Waals surface area contributed by atoms with E-state index < -0.39 is 0 Å². The van der Waals surface area contributed by atoms with Crippen LogP contribution in [0.25, 0.3) is 71.6 Å². The van der Waals surface area contributed by atoms with Crippen molar-refractivity contribution in [3.63, 3.8) is 0 Å². The predicted octanol–water partition coefficient (Wildman–Crippen LogP) is 11.7. The number of hydrogen-bond acceptors (Lipinski definition) is 2. The third kappa shape index (κ3) is 5.39. The summed E-state index contributed by atoms with van der Waals surface area (Å²) in [6, 6.07) is 48.2. The van der Waals surface area contributed by atoms with Crippen LogP contribution in [-0.4, -0.2) is 11.7 Å². The zero-order valence-corrected chi connectivity index (χ0v) is 25.2. The molecule has 1 aromatic heterocycles. The van der Waals surface area contributed by atoms with E-state index >= 15 is 0 Å². The average Bonchev–Trinajstić information content (AvgIpc) is 3.11. The molecule has 0 atom stereocenters. The summed E-state index contributed by atoms with van der Waals surface area (Å²) < 4.78 is 0. The first kappa shape index (κ1) is 27.9. The molecule has 0 radical (unpaired) electrons. The van der Waals surface area contributed by atoms with E-state index in [9.17, 15) is 0 Å². The molecule has 0 N–H and O–H groups in total. The van der Waals surface area contributed by atoms with E-state index in [4.69, 9.17) is 0 Å². The van der Waals surface area contributed by atoms with E-state index in [2.05, 4.69) is 163 Å². The minimum absolute atomic E-state index is 1.10. The molecule has 0 unspecified atom stereocenters. The summed E-state index contributed by atoms with van der Waals surface area (Å²) in [5.41, 5.74) is 11.8. The molecule has 0 bridgehead atoms. The van der Waals surface area contributed by atoms with Crippen molar-refractivity contribution in [2.75, 3.05) is 0 Å². The molecule has 0 saturated carbocycles. The molecular weight excluding hydrogens is 544 g/mol. The molecule has 0 fully saturated rings. The highest BCUT2D eigenvalue weighted by Gasteiger charge is 2.18. The van der Waals surface area contributed by atoms with E-state index in [0.717, 1.165) is 16.7 Å². The van der Waals surface area contributed by atoms with Crippen molar-refractivity contribution in [2.45, 2.75) is 6.92 Å². The van der Waals surface area contributed by atoms with Gasteiger partial charge in [0.15, 0.2) is 0 Å². The monoisotopic (exact) mass is 576 g/mol. The van der Waals surface area contributed by atoms with Crippen LogP contribution in [0, 0.1) is 0 Å². The summed E-state index contributed by atoms with van der Waals surface area (Å²) in [7, 11) is 0. The van der Waals surface area contributed by atoms with Gasteiger partial charge in [-0.3, -0.25) is 9.98 Å². The Kier molecular flexibility index (Phi) is 7.70. The molecule has 1 heterocycles. The topological polar surface area (TPSA) is 25.2 Å². The Morgan fingerprint density at radius 2 is 1.11 bits per heavy atom. The molecule has 7 rings (SSSR count). The standard InChI is InChI=1S/C43H32N2/c1-3-30(21-24-44-2)33-13-9-16-37(27-33)43-39-18-8-7-17-38(39)42(36-15-10-14-34(28-36)32-22-25-45-26-23-32)40-20-19-35(29-41(40)43)31-11-5-4-6-12-31/h3-29H,2H2,1H3/b24-21-,30-3+. The first-order valence-electron chi connectivity index (χ1n) is 15.2. The largest absolute Gasteiger partial charge is 0.272 e. The second-order valence-corrected chi connectivity index (χ2v) is 11.1. The van der Waals surface area contributed by atoms with Gasteiger partial charge in [0.25, 0.3) is 0 Å². The van der Waals surface area contributed by atoms with Crippen molar-refractivity contribution in [1.82, 2.24) is 4.98 Å². The van der Waals surface area contributed by atoms with Gasteiger partial charge >= 0.3 is 0 Å². The van der Waals surface area contributed by atoms with Crippen molar-refractivity contribution in [3.8, 4) is 44.5 Å². The number of fused-ring (bicyclic) bond motifs is 2. The molecule has 0 amide bonds. The number of allylic oxidation sites excluding steroid dienone is 3. The predicted molar refractivity (Wildman–Crippen MR) is 193 cm³/mol. The van der Waals surface area contributed by atoms with Crippen LogP contribution in [-0.2, 0) is 0 Å². The van der Waals surface area contributed by atoms with Crippen molar-refractivity contribution < 1.29 is 0 Å². The van der Waals surface area contributed by atoms with Gasteiger partial charge in [-0.1, -0.05) is 109 Å². The Labute approximate surface area is 264 Å². The SMILES string of the molecule is C=N/C=C\C(=C/C)c1cccc(-c2c3ccccc3c(-c3cccc(-c4ccncc4)c3)c3ccc(-c4ccccc4)cc23)c1. The van der Waals surface area contributed by atoms with Crippen LogP contribution in [0.3, 0.4) is 0 Å². The van der Waals surface area contributed by atoms with Crippen LogP contribution < -0.4 is 0 Å². The Morgan fingerprint density at radius 1 is 0.533 bits per heavy atom. The van der Waals surface area contributed by atoms with Gasteiger partial charge in [-0.2, -0.15) is 0 Å². The van der Waals surface area contributed by atoms with Crippen LogP contribution in [0.2, 0.25) is 0 Å². The molecule has 0 aliphatic rings. The molecule has 6 aromatic carbocycles. The Balaban J connectivity index is 1.55. The third-order valence-electron chi connectivity index (χ3n) is 8.45. The smallest absolute Gasteiger partial charge is 0.0273 e. The zero-order chi connectivity index (χ0) is 30.6. The number of hydrogen-bond donors (Lipinski definition) is 0. The van der Waals surface area contributed by atoms with Crippen LogP contribution >= 0.6 is 0 Å². The second kappa shape index (κ2) is 12.4. The molecule has 0 spiro atoms. The first-order valence-corrected chi connectivity index (χ1v) is 15.2. The molecule has 2 nitrogen and oxygen atoms in total. The summed E-state index contributed by atoms with van der Waals surface area (Å²) in [6.07, 6.45) is 9.57. The minimum atomic E-state index is 1.10. The van der Waals surface area contributed by atoms with E-state index in [1.165, 1.54) is 60.5 Å². The summed E-state index contributed by atoms with van der Waals surface area (Å²) in [5.74, 6) is 0. The van der Waals surface area contributed by atoms with Gasteiger partial charge in [0, 0.05) is 18.6 Å². The number of aromatic nitrogens is 1. The molecule has 214 valence electrons. The van der Waals surface area contributed by atoms with Gasteiger partial charge in [0.2, 0.25) is 0 Å². The van der Waals surface area contributed by atoms with Gasteiger partial charge in [0.05, 0.1) is 0 Å². The third-order valence-corrected chi connectivity index (χ3v) is 8.45. The van der Waals surface area contributed by atoms with Crippen molar-refractivity contribution in [3.05, 3.63) is 170 Å². The number of benzene rings is 6. The molecule has 45 heavy (non-hydrogen) atoms. The van der Waals surface area contributed by atoms with Gasteiger partial charge in [-0.25, -0.2) is 0 Å². The summed E-state index contributed by atoms with van der Waals surface area (Å²) in [4.78, 5) is 8.17. The molecule has 0 saturated heterocycles.